The molecule has 0 spiro atoms. The lowest BCUT2D eigenvalue weighted by Crippen LogP contribution is -2.27. The first kappa shape index (κ1) is 10.4. The molecule has 56 valence electrons. The zero-order valence-electron chi connectivity index (χ0n) is 5.33. The predicted molar refractivity (Wildman–Crippen MR) is 50.9 cm³/mol. The van der Waals surface area contributed by atoms with Crippen LogP contribution in [0, 0.1) is 0 Å². The fraction of sp³-hybridized carbons (Fsp3) is 1.00. The summed E-state index contributed by atoms with van der Waals surface area (Å²) in [6.45, 7) is 2.04. The van der Waals surface area contributed by atoms with Crippen LogP contribution in [0.15, 0.2) is 0 Å². The van der Waals surface area contributed by atoms with Crippen molar-refractivity contribution in [3.8, 4) is 0 Å². The van der Waals surface area contributed by atoms with E-state index in [0.29, 0.717) is 0 Å². The lowest BCUT2D eigenvalue weighted by atomic mass is 10.6. The summed E-state index contributed by atoms with van der Waals surface area (Å²) in [6, 6.07) is -2.41. The first-order valence-corrected chi connectivity index (χ1v) is 9.02. The highest BCUT2D eigenvalue weighted by atomic mass is 35.8. The molecule has 0 aromatic carbocycles. The van der Waals surface area contributed by atoms with Crippen LogP contribution in [0.5, 0.6) is 0 Å². The highest BCUT2D eigenvalue weighted by molar-refractivity contribution is 8.03. The van der Waals surface area contributed by atoms with E-state index in [0.717, 1.165) is 6.42 Å². The molecule has 0 radical (unpaired) electrons. The van der Waals surface area contributed by atoms with E-state index in [-0.39, 0.29) is 4.87 Å². The van der Waals surface area contributed by atoms with Gasteiger partial charge in [-0.05, 0) is 12.7 Å². The third-order valence-corrected chi connectivity index (χ3v) is 8.36. The van der Waals surface area contributed by atoms with Crippen LogP contribution < -0.4 is 0 Å². The van der Waals surface area contributed by atoms with Crippen molar-refractivity contribution in [3.63, 3.8) is 0 Å². The summed E-state index contributed by atoms with van der Waals surface area (Å²) in [5.74, 6) is 0. The Morgan fingerprint density at radius 2 is 1.89 bits per heavy atom. The molecule has 1 atom stereocenters. The number of hydrogen-bond acceptors (Lipinski definition) is 1. The van der Waals surface area contributed by atoms with Crippen LogP contribution in [0.4, 0.5) is 0 Å². The van der Waals surface area contributed by atoms with Gasteiger partial charge in [0, 0.05) is 4.87 Å². The van der Waals surface area contributed by atoms with Crippen LogP contribution in [0.3, 0.4) is 0 Å². The molecule has 0 saturated carbocycles. The number of rotatable bonds is 3. The normalized spacial score (nSPS) is 15.7. The van der Waals surface area contributed by atoms with Gasteiger partial charge >= 0.3 is 6.00 Å². The first-order valence-electron chi connectivity index (χ1n) is 2.61. The molecule has 0 nitrogen and oxygen atoms in total. The van der Waals surface area contributed by atoms with Gasteiger partial charge in [-0.2, -0.15) is 11.8 Å². The zero-order chi connectivity index (χ0) is 7.49. The van der Waals surface area contributed by atoms with Crippen LogP contribution in [-0.4, -0.2) is 17.1 Å². The van der Waals surface area contributed by atoms with E-state index in [9.17, 15) is 0 Å². The molecule has 0 saturated heterocycles. The smallest absolute Gasteiger partial charge is 0.161 e. The number of hydrogen-bond donors (Lipinski definition) is 0. The molecule has 1 unspecified atom stereocenters. The van der Waals surface area contributed by atoms with Crippen molar-refractivity contribution in [3.05, 3.63) is 0 Å². The van der Waals surface area contributed by atoms with Gasteiger partial charge in [0.2, 0.25) is 0 Å². The number of halogens is 3. The molecule has 0 N–H and O–H groups in total. The highest BCUT2D eigenvalue weighted by Crippen LogP contribution is 2.33. The van der Waals surface area contributed by atoms with Crippen molar-refractivity contribution in [2.24, 2.45) is 0 Å². The SMILES string of the molecule is CCC(SC)[Si](Cl)(Cl)Cl. The van der Waals surface area contributed by atoms with Crippen LogP contribution in [0.1, 0.15) is 13.3 Å². The molecule has 9 heavy (non-hydrogen) atoms. The van der Waals surface area contributed by atoms with Gasteiger partial charge in [-0.3, -0.25) is 0 Å². The van der Waals surface area contributed by atoms with E-state index in [1.165, 1.54) is 0 Å². The summed E-state index contributed by atoms with van der Waals surface area (Å²) < 4.78 is 0. The molecule has 5 heteroatoms. The summed E-state index contributed by atoms with van der Waals surface area (Å²) in [5, 5.41) is 0. The predicted octanol–water partition coefficient (Wildman–Crippen LogP) is 3.32. The quantitative estimate of drug-likeness (QED) is 0.523. The molecule has 0 aromatic heterocycles. The Balaban J connectivity index is 3.79. The van der Waals surface area contributed by atoms with Crippen molar-refractivity contribution >= 4 is 51.0 Å². The van der Waals surface area contributed by atoms with Crippen LogP contribution in [0.25, 0.3) is 0 Å². The topological polar surface area (TPSA) is 0 Å². The lowest BCUT2D eigenvalue weighted by molar-refractivity contribution is 1.04. The second-order valence-electron chi connectivity index (χ2n) is 1.67. The van der Waals surface area contributed by atoms with Gasteiger partial charge in [0.1, 0.15) is 0 Å². The maximum absolute atomic E-state index is 5.75. The van der Waals surface area contributed by atoms with Crippen molar-refractivity contribution in [1.29, 1.82) is 0 Å². The first-order chi connectivity index (χ1) is 4.02. The Morgan fingerprint density at radius 1 is 1.44 bits per heavy atom. The summed E-state index contributed by atoms with van der Waals surface area (Å²) in [4.78, 5) is 0.252. The second-order valence-corrected chi connectivity index (χ2v) is 12.0. The fourth-order valence-corrected chi connectivity index (χ4v) is 6.19. The van der Waals surface area contributed by atoms with Gasteiger partial charge < -0.3 is 0 Å². The van der Waals surface area contributed by atoms with E-state index >= 15 is 0 Å². The van der Waals surface area contributed by atoms with E-state index in [1.807, 2.05) is 13.2 Å². The van der Waals surface area contributed by atoms with Gasteiger partial charge in [-0.15, -0.1) is 33.2 Å². The number of thioether (sulfide) groups is 1. The van der Waals surface area contributed by atoms with Crippen molar-refractivity contribution < 1.29 is 0 Å². The minimum atomic E-state index is -2.41. The van der Waals surface area contributed by atoms with E-state index in [4.69, 9.17) is 33.2 Å². The Hall–Kier alpha value is 1.44. The maximum Gasteiger partial charge on any atom is 0.353 e. The summed E-state index contributed by atoms with van der Waals surface area (Å²) in [5.41, 5.74) is 0. The molecule has 0 aliphatic rings. The Kier molecular flexibility index (Phi) is 5.04. The minimum Gasteiger partial charge on any atom is -0.161 e. The largest absolute Gasteiger partial charge is 0.353 e. The molecule has 0 amide bonds. The summed E-state index contributed by atoms with van der Waals surface area (Å²) in [6.07, 6.45) is 2.92. The Bertz CT molecular complexity index is 78.4. The van der Waals surface area contributed by atoms with Crippen molar-refractivity contribution in [1.82, 2.24) is 0 Å². The second kappa shape index (κ2) is 4.34. The molecule has 0 heterocycles. The van der Waals surface area contributed by atoms with E-state index in [1.54, 1.807) is 11.8 Å². The molecule has 0 aliphatic carbocycles. The molecule has 0 fully saturated rings. The van der Waals surface area contributed by atoms with Gasteiger partial charge in [0.05, 0.1) is 0 Å². The lowest BCUT2D eigenvalue weighted by Gasteiger charge is -2.17. The van der Waals surface area contributed by atoms with E-state index in [2.05, 4.69) is 0 Å². The Labute approximate surface area is 75.4 Å². The van der Waals surface area contributed by atoms with Gasteiger partial charge in [-0.1, -0.05) is 6.92 Å². The monoisotopic (exact) mass is 222 g/mol. The maximum atomic E-state index is 5.75. The average Bonchev–Trinajstić information content (AvgIpc) is 1.65. The molecular formula is C4H9Cl3SSi. The van der Waals surface area contributed by atoms with Gasteiger partial charge in [0.25, 0.3) is 0 Å². The van der Waals surface area contributed by atoms with Crippen molar-refractivity contribution in [2.45, 2.75) is 18.2 Å². The van der Waals surface area contributed by atoms with Crippen LogP contribution in [0.2, 0.25) is 0 Å². The van der Waals surface area contributed by atoms with Crippen molar-refractivity contribution in [2.75, 3.05) is 6.26 Å². The van der Waals surface area contributed by atoms with Crippen LogP contribution >= 0.6 is 45.0 Å². The molecule has 0 rings (SSSR count). The standard InChI is InChI=1S/C4H9Cl3SSi/c1-3-4(8-2)9(5,6)7/h4H,3H2,1-2H3. The third kappa shape index (κ3) is 3.99. The summed E-state index contributed by atoms with van der Waals surface area (Å²) >= 11 is 18.9. The fourth-order valence-electron chi connectivity index (χ4n) is 0.532. The molecule has 0 bridgehead atoms. The highest BCUT2D eigenvalue weighted by Gasteiger charge is 2.34. The van der Waals surface area contributed by atoms with Crippen LogP contribution in [-0.2, 0) is 0 Å². The third-order valence-electron chi connectivity index (χ3n) is 1.02. The van der Waals surface area contributed by atoms with E-state index < -0.39 is 6.00 Å². The zero-order valence-corrected chi connectivity index (χ0v) is 9.41. The Morgan fingerprint density at radius 3 is 1.89 bits per heavy atom. The van der Waals surface area contributed by atoms with Gasteiger partial charge in [0.15, 0.2) is 0 Å². The molecular weight excluding hydrogens is 215 g/mol. The molecule has 0 aromatic rings. The average molecular weight is 224 g/mol. The summed E-state index contributed by atoms with van der Waals surface area (Å²) in [7, 11) is 0. The molecule has 0 aliphatic heterocycles. The van der Waals surface area contributed by atoms with Gasteiger partial charge in [-0.25, -0.2) is 0 Å². The minimum absolute atomic E-state index is 0.252.